The zero-order valence-electron chi connectivity index (χ0n) is 11.5. The number of nitrogens with zero attached hydrogens (tertiary/aromatic N) is 1. The van der Waals surface area contributed by atoms with Gasteiger partial charge in [-0.2, -0.15) is 0 Å². The summed E-state index contributed by atoms with van der Waals surface area (Å²) < 4.78 is 0. The van der Waals surface area contributed by atoms with Crippen molar-refractivity contribution in [2.24, 2.45) is 0 Å². The number of aryl methyl sites for hydroxylation is 2. The fraction of sp³-hybridized carbons (Fsp3) is 0.385. The second-order valence-electron chi connectivity index (χ2n) is 4.53. The molecule has 0 fully saturated rings. The van der Waals surface area contributed by atoms with Gasteiger partial charge in [0.25, 0.3) is 0 Å². The number of hydrogen-bond acceptors (Lipinski definition) is 2. The van der Waals surface area contributed by atoms with E-state index in [-0.39, 0.29) is 12.5 Å². The third kappa shape index (κ3) is 4.69. The van der Waals surface area contributed by atoms with Crippen molar-refractivity contribution in [3.05, 3.63) is 28.3 Å². The SMILES string of the molecule is Cc1cc(C)c(NC(=S)NCC(=O)N(C)C)c(Cl)c1. The van der Waals surface area contributed by atoms with Crippen LogP contribution in [0, 0.1) is 13.8 Å². The molecule has 0 heterocycles. The Balaban J connectivity index is 2.65. The zero-order valence-corrected chi connectivity index (χ0v) is 13.1. The largest absolute Gasteiger partial charge is 0.353 e. The number of anilines is 1. The first-order chi connectivity index (χ1) is 8.81. The van der Waals surface area contributed by atoms with E-state index in [1.807, 2.05) is 26.0 Å². The molecular formula is C13H18ClN3OS. The van der Waals surface area contributed by atoms with Crippen LogP contribution in [0.2, 0.25) is 5.02 Å². The summed E-state index contributed by atoms with van der Waals surface area (Å²) in [5.74, 6) is -0.0455. The van der Waals surface area contributed by atoms with Gasteiger partial charge in [0.05, 0.1) is 17.3 Å². The summed E-state index contributed by atoms with van der Waals surface area (Å²) in [6.45, 7) is 4.09. The summed E-state index contributed by atoms with van der Waals surface area (Å²) in [7, 11) is 3.39. The topological polar surface area (TPSA) is 44.4 Å². The Labute approximate surface area is 124 Å². The maximum absolute atomic E-state index is 11.4. The highest BCUT2D eigenvalue weighted by Crippen LogP contribution is 2.27. The summed E-state index contributed by atoms with van der Waals surface area (Å²) in [5, 5.41) is 6.86. The van der Waals surface area contributed by atoms with Crippen molar-refractivity contribution in [1.82, 2.24) is 10.2 Å². The van der Waals surface area contributed by atoms with E-state index in [2.05, 4.69) is 10.6 Å². The molecule has 0 aromatic heterocycles. The first kappa shape index (κ1) is 15.7. The van der Waals surface area contributed by atoms with Crippen LogP contribution < -0.4 is 10.6 Å². The molecule has 0 aliphatic heterocycles. The van der Waals surface area contributed by atoms with Gasteiger partial charge < -0.3 is 15.5 Å². The van der Waals surface area contributed by atoms with Gasteiger partial charge in [-0.05, 0) is 43.3 Å². The Bertz CT molecular complexity index is 480. The molecule has 104 valence electrons. The summed E-state index contributed by atoms with van der Waals surface area (Å²) in [6.07, 6.45) is 0. The van der Waals surface area contributed by atoms with Crippen molar-refractivity contribution >= 4 is 40.5 Å². The maximum Gasteiger partial charge on any atom is 0.241 e. The van der Waals surface area contributed by atoms with Crippen LogP contribution in [0.5, 0.6) is 0 Å². The first-order valence-electron chi connectivity index (χ1n) is 5.83. The van der Waals surface area contributed by atoms with Crippen molar-refractivity contribution in [2.75, 3.05) is 26.0 Å². The number of thiocarbonyl (C=S) groups is 1. The molecule has 2 N–H and O–H groups in total. The lowest BCUT2D eigenvalue weighted by molar-refractivity contribution is -0.127. The third-order valence-electron chi connectivity index (χ3n) is 2.57. The van der Waals surface area contributed by atoms with Crippen molar-refractivity contribution < 1.29 is 4.79 Å². The number of hydrogen-bond donors (Lipinski definition) is 2. The van der Waals surface area contributed by atoms with Crippen molar-refractivity contribution in [3.63, 3.8) is 0 Å². The molecule has 19 heavy (non-hydrogen) atoms. The Hall–Kier alpha value is -1.33. The lowest BCUT2D eigenvalue weighted by Crippen LogP contribution is -2.38. The minimum absolute atomic E-state index is 0.0455. The van der Waals surface area contributed by atoms with E-state index >= 15 is 0 Å². The average Bonchev–Trinajstić information content (AvgIpc) is 2.30. The number of amides is 1. The van der Waals surface area contributed by atoms with Gasteiger partial charge in [-0.3, -0.25) is 4.79 Å². The Morgan fingerprint density at radius 1 is 1.37 bits per heavy atom. The summed E-state index contributed by atoms with van der Waals surface area (Å²) in [5.41, 5.74) is 2.87. The van der Waals surface area contributed by atoms with Crippen LogP contribution in [0.4, 0.5) is 5.69 Å². The van der Waals surface area contributed by atoms with Crippen LogP contribution >= 0.6 is 23.8 Å². The first-order valence-corrected chi connectivity index (χ1v) is 6.61. The zero-order chi connectivity index (χ0) is 14.6. The Morgan fingerprint density at radius 3 is 2.53 bits per heavy atom. The van der Waals surface area contributed by atoms with Crippen LogP contribution in [0.1, 0.15) is 11.1 Å². The number of nitrogens with one attached hydrogen (secondary N) is 2. The van der Waals surface area contributed by atoms with Gasteiger partial charge in [0.15, 0.2) is 5.11 Å². The van der Waals surface area contributed by atoms with E-state index in [1.54, 1.807) is 14.1 Å². The minimum atomic E-state index is -0.0455. The van der Waals surface area contributed by atoms with Gasteiger partial charge in [-0.15, -0.1) is 0 Å². The lowest BCUT2D eigenvalue weighted by Gasteiger charge is -2.16. The standard InChI is InChI=1S/C13H18ClN3OS/c1-8-5-9(2)12(10(14)6-8)16-13(19)15-7-11(18)17(3)4/h5-6H,7H2,1-4H3,(H2,15,16,19). The number of rotatable bonds is 3. The van der Waals surface area contributed by atoms with Crippen LogP contribution in [-0.2, 0) is 4.79 Å². The Morgan fingerprint density at radius 2 is 2.00 bits per heavy atom. The summed E-state index contributed by atoms with van der Waals surface area (Å²) >= 11 is 11.3. The third-order valence-corrected chi connectivity index (χ3v) is 3.11. The number of halogens is 1. The lowest BCUT2D eigenvalue weighted by atomic mass is 10.1. The molecule has 1 aromatic carbocycles. The molecule has 0 unspecified atom stereocenters. The van der Waals surface area contributed by atoms with Gasteiger partial charge in [-0.25, -0.2) is 0 Å². The molecule has 0 radical (unpaired) electrons. The van der Waals surface area contributed by atoms with Crippen molar-refractivity contribution in [1.29, 1.82) is 0 Å². The van der Waals surface area contributed by atoms with Gasteiger partial charge in [0.2, 0.25) is 5.91 Å². The highest BCUT2D eigenvalue weighted by atomic mass is 35.5. The van der Waals surface area contributed by atoms with Crippen molar-refractivity contribution in [2.45, 2.75) is 13.8 Å². The van der Waals surface area contributed by atoms with Crippen LogP contribution in [0.15, 0.2) is 12.1 Å². The average molecular weight is 300 g/mol. The Kier molecular flexibility index (Phi) is 5.57. The van der Waals surface area contributed by atoms with Crippen LogP contribution in [-0.4, -0.2) is 36.6 Å². The fourth-order valence-electron chi connectivity index (χ4n) is 1.55. The predicted molar refractivity (Wildman–Crippen MR) is 83.8 cm³/mol. The molecule has 1 rings (SSSR count). The smallest absolute Gasteiger partial charge is 0.241 e. The highest BCUT2D eigenvalue weighted by molar-refractivity contribution is 7.80. The summed E-state index contributed by atoms with van der Waals surface area (Å²) in [4.78, 5) is 12.9. The van der Waals surface area contributed by atoms with E-state index in [9.17, 15) is 4.79 Å². The fourth-order valence-corrected chi connectivity index (χ4v) is 2.09. The molecular weight excluding hydrogens is 282 g/mol. The van der Waals surface area contributed by atoms with E-state index in [0.717, 1.165) is 16.8 Å². The normalized spacial score (nSPS) is 9.95. The van der Waals surface area contributed by atoms with Crippen LogP contribution in [0.25, 0.3) is 0 Å². The predicted octanol–water partition coefficient (Wildman–Crippen LogP) is 2.33. The molecule has 6 heteroatoms. The van der Waals surface area contributed by atoms with E-state index in [1.165, 1.54) is 4.90 Å². The molecule has 0 atom stereocenters. The van der Waals surface area contributed by atoms with Gasteiger partial charge in [-0.1, -0.05) is 17.7 Å². The molecule has 0 saturated heterocycles. The summed E-state index contributed by atoms with van der Waals surface area (Å²) in [6, 6.07) is 3.88. The number of carbonyl (C=O) groups is 1. The highest BCUT2D eigenvalue weighted by Gasteiger charge is 2.09. The quantitative estimate of drug-likeness (QED) is 0.841. The number of carbonyl (C=O) groups excluding carboxylic acids is 1. The van der Waals surface area contributed by atoms with Gasteiger partial charge in [0.1, 0.15) is 0 Å². The minimum Gasteiger partial charge on any atom is -0.353 e. The number of benzene rings is 1. The molecule has 0 saturated carbocycles. The van der Waals surface area contributed by atoms with Gasteiger partial charge in [0, 0.05) is 14.1 Å². The maximum atomic E-state index is 11.4. The van der Waals surface area contributed by atoms with E-state index < -0.39 is 0 Å². The molecule has 0 aliphatic rings. The molecule has 0 aliphatic carbocycles. The van der Waals surface area contributed by atoms with Crippen LogP contribution in [0.3, 0.4) is 0 Å². The second-order valence-corrected chi connectivity index (χ2v) is 5.35. The molecule has 0 bridgehead atoms. The van der Waals surface area contributed by atoms with Gasteiger partial charge >= 0.3 is 0 Å². The second kappa shape index (κ2) is 6.73. The molecule has 1 aromatic rings. The van der Waals surface area contributed by atoms with Crippen molar-refractivity contribution in [3.8, 4) is 0 Å². The molecule has 0 spiro atoms. The monoisotopic (exact) mass is 299 g/mol. The molecule has 1 amide bonds. The molecule has 4 nitrogen and oxygen atoms in total. The number of likely N-dealkylation sites (N-methyl/N-ethyl adjacent to an activating group) is 1. The van der Waals surface area contributed by atoms with E-state index in [4.69, 9.17) is 23.8 Å². The van der Waals surface area contributed by atoms with E-state index in [0.29, 0.717) is 10.1 Å².